The minimum absolute atomic E-state index is 0.0583. The Balaban J connectivity index is 2.19. The summed E-state index contributed by atoms with van der Waals surface area (Å²) in [6, 6.07) is 1.52. The lowest BCUT2D eigenvalue weighted by Gasteiger charge is -2.38. The Morgan fingerprint density at radius 1 is 1.45 bits per heavy atom. The second-order valence-electron chi connectivity index (χ2n) is 6.64. The molecule has 0 aromatic carbocycles. The number of nitrogens with two attached hydrogens (primary N) is 2. The van der Waals surface area contributed by atoms with E-state index in [1.54, 1.807) is 0 Å². The average molecular weight is 277 g/mol. The number of anilines is 1. The van der Waals surface area contributed by atoms with Gasteiger partial charge < -0.3 is 16.2 Å². The van der Waals surface area contributed by atoms with Gasteiger partial charge in [0.05, 0.1) is 11.9 Å². The van der Waals surface area contributed by atoms with Crippen molar-refractivity contribution >= 4 is 11.6 Å². The molecule has 1 heterocycles. The molecule has 1 aromatic heterocycles. The van der Waals surface area contributed by atoms with E-state index in [-0.39, 0.29) is 17.1 Å². The fraction of sp³-hybridized carbons (Fsp3) is 0.600. The Hall–Kier alpha value is -1.78. The summed E-state index contributed by atoms with van der Waals surface area (Å²) in [4.78, 5) is 15.6. The van der Waals surface area contributed by atoms with Crippen molar-refractivity contribution in [2.45, 2.75) is 46.1 Å². The maximum Gasteiger partial charge on any atom is 0.254 e. The number of hydrogen-bond donors (Lipinski definition) is 2. The maximum atomic E-state index is 11.5. The van der Waals surface area contributed by atoms with E-state index in [4.69, 9.17) is 16.2 Å². The zero-order valence-corrected chi connectivity index (χ0v) is 12.3. The molecule has 0 aliphatic heterocycles. The average Bonchev–Trinajstić information content (AvgIpc) is 2.28. The van der Waals surface area contributed by atoms with Gasteiger partial charge in [-0.05, 0) is 36.7 Å². The number of ether oxygens (including phenoxy) is 1. The van der Waals surface area contributed by atoms with Crippen LogP contribution in [0.4, 0.5) is 5.69 Å². The second-order valence-corrected chi connectivity index (χ2v) is 6.64. The molecular formula is C15H23N3O2. The number of pyridine rings is 1. The first-order valence-electron chi connectivity index (χ1n) is 6.99. The standard InChI is InChI=1S/C15H23N3O2/c1-9-4-11(7-15(2,3)6-9)20-14-12(13(17)19)5-10(16)8-18-14/h5,8-9,11H,4,6-7,16H2,1-3H3,(H2,17,19). The van der Waals surface area contributed by atoms with E-state index in [2.05, 4.69) is 25.8 Å². The van der Waals surface area contributed by atoms with E-state index in [1.807, 2.05) is 0 Å². The van der Waals surface area contributed by atoms with Crippen LogP contribution in [0.15, 0.2) is 12.3 Å². The highest BCUT2D eigenvalue weighted by Crippen LogP contribution is 2.40. The molecule has 5 nitrogen and oxygen atoms in total. The summed E-state index contributed by atoms with van der Waals surface area (Å²) in [5.41, 5.74) is 11.9. The summed E-state index contributed by atoms with van der Waals surface area (Å²) in [5.74, 6) is 0.319. The van der Waals surface area contributed by atoms with Crippen molar-refractivity contribution in [2.24, 2.45) is 17.1 Å². The summed E-state index contributed by atoms with van der Waals surface area (Å²) >= 11 is 0. The Morgan fingerprint density at radius 2 is 2.15 bits per heavy atom. The molecule has 1 aromatic rings. The minimum Gasteiger partial charge on any atom is -0.474 e. The Labute approximate surface area is 119 Å². The second kappa shape index (κ2) is 5.31. The van der Waals surface area contributed by atoms with Gasteiger partial charge in [-0.15, -0.1) is 0 Å². The molecule has 2 rings (SSSR count). The summed E-state index contributed by atoms with van der Waals surface area (Å²) in [7, 11) is 0. The molecule has 1 fully saturated rings. The number of nitrogen functional groups attached to an aromatic ring is 1. The molecule has 0 saturated heterocycles. The molecular weight excluding hydrogens is 254 g/mol. The smallest absolute Gasteiger partial charge is 0.254 e. The Kier molecular flexibility index (Phi) is 3.88. The molecule has 2 atom stereocenters. The maximum absolute atomic E-state index is 11.5. The summed E-state index contributed by atoms with van der Waals surface area (Å²) in [6.45, 7) is 6.71. The van der Waals surface area contributed by atoms with Crippen LogP contribution < -0.4 is 16.2 Å². The third-order valence-corrected chi connectivity index (χ3v) is 3.76. The number of hydrogen-bond acceptors (Lipinski definition) is 4. The van der Waals surface area contributed by atoms with Gasteiger partial charge in [-0.1, -0.05) is 20.8 Å². The SMILES string of the molecule is CC1CC(Oc2ncc(N)cc2C(N)=O)CC(C)(C)C1. The van der Waals surface area contributed by atoms with Crippen molar-refractivity contribution in [3.05, 3.63) is 17.8 Å². The van der Waals surface area contributed by atoms with Crippen LogP contribution in [0, 0.1) is 11.3 Å². The van der Waals surface area contributed by atoms with Crippen LogP contribution in [0.3, 0.4) is 0 Å². The summed E-state index contributed by atoms with van der Waals surface area (Å²) in [5, 5.41) is 0. The van der Waals surface area contributed by atoms with E-state index >= 15 is 0 Å². The van der Waals surface area contributed by atoms with Gasteiger partial charge in [-0.2, -0.15) is 0 Å². The number of amides is 1. The Bertz CT molecular complexity index is 514. The first-order chi connectivity index (χ1) is 9.27. The van der Waals surface area contributed by atoms with Gasteiger partial charge in [0.1, 0.15) is 11.7 Å². The van der Waals surface area contributed by atoms with Crippen molar-refractivity contribution in [3.63, 3.8) is 0 Å². The minimum atomic E-state index is -0.567. The molecule has 1 aliphatic rings. The first-order valence-corrected chi connectivity index (χ1v) is 6.99. The summed E-state index contributed by atoms with van der Waals surface area (Å²) < 4.78 is 5.94. The molecule has 0 bridgehead atoms. The van der Waals surface area contributed by atoms with E-state index in [0.29, 0.717) is 17.5 Å². The van der Waals surface area contributed by atoms with Crippen LogP contribution in [0.2, 0.25) is 0 Å². The van der Waals surface area contributed by atoms with Gasteiger partial charge in [0.15, 0.2) is 0 Å². The van der Waals surface area contributed by atoms with Gasteiger partial charge in [-0.25, -0.2) is 4.98 Å². The molecule has 5 heteroatoms. The lowest BCUT2D eigenvalue weighted by molar-refractivity contribution is 0.0524. The number of carbonyl (C=O) groups excluding carboxylic acids is 1. The molecule has 1 amide bonds. The van der Waals surface area contributed by atoms with Crippen molar-refractivity contribution in [1.82, 2.24) is 4.98 Å². The van der Waals surface area contributed by atoms with Crippen molar-refractivity contribution in [3.8, 4) is 5.88 Å². The van der Waals surface area contributed by atoms with Crippen molar-refractivity contribution in [2.75, 3.05) is 5.73 Å². The van der Waals surface area contributed by atoms with Gasteiger partial charge in [0.25, 0.3) is 5.91 Å². The van der Waals surface area contributed by atoms with Crippen molar-refractivity contribution in [1.29, 1.82) is 0 Å². The molecule has 0 radical (unpaired) electrons. The van der Waals surface area contributed by atoms with Crippen LogP contribution in [0.25, 0.3) is 0 Å². The number of primary amides is 1. The topological polar surface area (TPSA) is 91.2 Å². The summed E-state index contributed by atoms with van der Waals surface area (Å²) in [6.07, 6.45) is 4.64. The zero-order chi connectivity index (χ0) is 14.9. The van der Waals surface area contributed by atoms with E-state index < -0.39 is 5.91 Å². The number of nitrogens with zero attached hydrogens (tertiary/aromatic N) is 1. The largest absolute Gasteiger partial charge is 0.474 e. The Morgan fingerprint density at radius 3 is 2.75 bits per heavy atom. The fourth-order valence-corrected chi connectivity index (χ4v) is 3.24. The van der Waals surface area contributed by atoms with Crippen LogP contribution in [-0.4, -0.2) is 17.0 Å². The van der Waals surface area contributed by atoms with Gasteiger partial charge in [-0.3, -0.25) is 4.79 Å². The highest BCUT2D eigenvalue weighted by atomic mass is 16.5. The predicted molar refractivity (Wildman–Crippen MR) is 78.4 cm³/mol. The molecule has 20 heavy (non-hydrogen) atoms. The van der Waals surface area contributed by atoms with E-state index in [1.165, 1.54) is 18.7 Å². The van der Waals surface area contributed by atoms with Crippen LogP contribution in [0.1, 0.15) is 50.4 Å². The first kappa shape index (κ1) is 14.6. The van der Waals surface area contributed by atoms with Gasteiger partial charge in [0, 0.05) is 0 Å². The molecule has 110 valence electrons. The monoisotopic (exact) mass is 277 g/mol. The lowest BCUT2D eigenvalue weighted by Crippen LogP contribution is -2.35. The van der Waals surface area contributed by atoms with Crippen molar-refractivity contribution < 1.29 is 9.53 Å². The normalized spacial score (nSPS) is 25.1. The predicted octanol–water partition coefficient (Wildman–Crippen LogP) is 2.36. The number of rotatable bonds is 3. The molecule has 1 aliphatic carbocycles. The van der Waals surface area contributed by atoms with Gasteiger partial charge >= 0.3 is 0 Å². The van der Waals surface area contributed by atoms with Crippen LogP contribution >= 0.6 is 0 Å². The molecule has 0 spiro atoms. The van der Waals surface area contributed by atoms with Crippen LogP contribution in [0.5, 0.6) is 5.88 Å². The highest BCUT2D eigenvalue weighted by molar-refractivity contribution is 5.95. The van der Waals surface area contributed by atoms with Gasteiger partial charge in [0.2, 0.25) is 5.88 Å². The quantitative estimate of drug-likeness (QED) is 0.887. The van der Waals surface area contributed by atoms with E-state index in [0.717, 1.165) is 12.8 Å². The van der Waals surface area contributed by atoms with E-state index in [9.17, 15) is 4.79 Å². The third kappa shape index (κ3) is 3.40. The third-order valence-electron chi connectivity index (χ3n) is 3.76. The van der Waals surface area contributed by atoms with Crippen LogP contribution in [-0.2, 0) is 0 Å². The molecule has 1 saturated carbocycles. The zero-order valence-electron chi connectivity index (χ0n) is 12.3. The number of carbonyl (C=O) groups is 1. The number of aromatic nitrogens is 1. The molecule has 2 unspecified atom stereocenters. The molecule has 4 N–H and O–H groups in total. The fourth-order valence-electron chi connectivity index (χ4n) is 3.24. The highest BCUT2D eigenvalue weighted by Gasteiger charge is 2.33. The lowest BCUT2D eigenvalue weighted by atomic mass is 9.71.